The number of nitrogens with two attached hydrogens (primary N) is 1. The highest BCUT2D eigenvalue weighted by molar-refractivity contribution is 7.82. The first-order chi connectivity index (χ1) is 8.56. The Balaban J connectivity index is 2.67. The normalized spacial score (nSPS) is 13.9. The van der Waals surface area contributed by atoms with Crippen LogP contribution in [0.2, 0.25) is 5.02 Å². The number of rotatable bonds is 3. The van der Waals surface area contributed by atoms with Crippen LogP contribution in [-0.4, -0.2) is 10.9 Å². The number of primary amides is 1. The van der Waals surface area contributed by atoms with Crippen molar-refractivity contribution in [2.75, 3.05) is 0 Å². The molecule has 0 aliphatic carbocycles. The van der Waals surface area contributed by atoms with Gasteiger partial charge in [-0.1, -0.05) is 41.9 Å². The average Bonchev–Trinajstić information content (AvgIpc) is 2.39. The number of hydrogen-bond acceptors (Lipinski definition) is 3. The second kappa shape index (κ2) is 5.00. The smallest absolute Gasteiger partial charge is 0.244 e. The molecule has 0 aliphatic heterocycles. The van der Waals surface area contributed by atoms with Crippen molar-refractivity contribution in [1.82, 2.24) is 4.98 Å². The van der Waals surface area contributed by atoms with E-state index < -0.39 is 10.7 Å². The molecule has 0 fully saturated rings. The molecule has 0 saturated heterocycles. The zero-order valence-corrected chi connectivity index (χ0v) is 11.0. The Morgan fingerprint density at radius 2 is 1.89 bits per heavy atom. The number of nitrogens with zero attached hydrogens (tertiary/aromatic N) is 1. The molecule has 0 aliphatic rings. The van der Waals surface area contributed by atoms with Gasteiger partial charge < -0.3 is 5.73 Å². The molecule has 18 heavy (non-hydrogen) atoms. The molecule has 0 spiro atoms. The van der Waals surface area contributed by atoms with Gasteiger partial charge in [-0.25, -0.2) is 0 Å². The van der Waals surface area contributed by atoms with Crippen LogP contribution in [0.1, 0.15) is 11.3 Å². The molecule has 1 aromatic heterocycles. The Kier molecular flexibility index (Phi) is 3.59. The summed E-state index contributed by atoms with van der Waals surface area (Å²) in [6.45, 7) is 0. The van der Waals surface area contributed by atoms with Gasteiger partial charge in [0.15, 0.2) is 4.75 Å². The third-order valence-corrected chi connectivity index (χ3v) is 3.64. The average molecular weight is 279 g/mol. The van der Waals surface area contributed by atoms with Crippen LogP contribution in [0.15, 0.2) is 48.7 Å². The number of aromatic nitrogens is 1. The number of carbonyl (C=O) groups excluding carboxylic acids is 1. The van der Waals surface area contributed by atoms with E-state index >= 15 is 0 Å². The topological polar surface area (TPSA) is 56.0 Å². The molecule has 2 rings (SSSR count). The van der Waals surface area contributed by atoms with Gasteiger partial charge >= 0.3 is 0 Å². The van der Waals surface area contributed by atoms with Crippen LogP contribution < -0.4 is 5.73 Å². The van der Waals surface area contributed by atoms with Gasteiger partial charge in [-0.05, 0) is 17.7 Å². The largest absolute Gasteiger partial charge is 0.368 e. The van der Waals surface area contributed by atoms with Crippen LogP contribution >= 0.6 is 24.2 Å². The summed E-state index contributed by atoms with van der Waals surface area (Å²) in [6, 6.07) is 12.3. The first kappa shape index (κ1) is 12.9. The van der Waals surface area contributed by atoms with Crippen LogP contribution in [0.3, 0.4) is 0 Å². The van der Waals surface area contributed by atoms with Crippen molar-refractivity contribution in [3.05, 3.63) is 64.9 Å². The minimum absolute atomic E-state index is 0.341. The van der Waals surface area contributed by atoms with Crippen molar-refractivity contribution in [3.8, 4) is 0 Å². The van der Waals surface area contributed by atoms with Crippen molar-refractivity contribution in [3.63, 3.8) is 0 Å². The molecule has 0 bridgehead atoms. The van der Waals surface area contributed by atoms with Gasteiger partial charge in [0.1, 0.15) is 0 Å². The number of pyridine rings is 1. The summed E-state index contributed by atoms with van der Waals surface area (Å²) in [5.74, 6) is -0.613. The Hall–Kier alpha value is -1.52. The molecule has 3 nitrogen and oxygen atoms in total. The van der Waals surface area contributed by atoms with E-state index in [0.29, 0.717) is 16.3 Å². The number of halogens is 1. The van der Waals surface area contributed by atoms with E-state index in [1.807, 2.05) is 6.07 Å². The van der Waals surface area contributed by atoms with Gasteiger partial charge in [0.25, 0.3) is 0 Å². The summed E-state index contributed by atoms with van der Waals surface area (Å²) < 4.78 is -1.33. The summed E-state index contributed by atoms with van der Waals surface area (Å²) >= 11 is 10.5. The van der Waals surface area contributed by atoms with Gasteiger partial charge in [0, 0.05) is 6.20 Å². The highest BCUT2D eigenvalue weighted by Crippen LogP contribution is 2.38. The first-order valence-electron chi connectivity index (χ1n) is 5.25. The van der Waals surface area contributed by atoms with Crippen LogP contribution in [0.5, 0.6) is 0 Å². The van der Waals surface area contributed by atoms with E-state index in [4.69, 9.17) is 17.3 Å². The molecule has 2 N–H and O–H groups in total. The SMILES string of the molecule is NC(=O)C(S)(c1ccccc1)c1ncccc1Cl. The molecule has 1 heterocycles. The lowest BCUT2D eigenvalue weighted by Crippen LogP contribution is -2.38. The second-order valence-corrected chi connectivity index (χ2v) is 4.85. The van der Waals surface area contributed by atoms with Crippen LogP contribution in [-0.2, 0) is 9.54 Å². The summed E-state index contributed by atoms with van der Waals surface area (Å²) in [7, 11) is 0. The molecule has 5 heteroatoms. The fourth-order valence-corrected chi connectivity index (χ4v) is 2.38. The number of amides is 1. The third kappa shape index (κ3) is 2.09. The van der Waals surface area contributed by atoms with E-state index in [1.165, 1.54) is 0 Å². The highest BCUT2D eigenvalue weighted by Gasteiger charge is 2.39. The zero-order valence-electron chi connectivity index (χ0n) is 9.38. The maximum absolute atomic E-state index is 11.8. The van der Waals surface area contributed by atoms with Crippen molar-refractivity contribution in [2.24, 2.45) is 5.73 Å². The summed E-state index contributed by atoms with van der Waals surface area (Å²) in [4.78, 5) is 16.0. The van der Waals surface area contributed by atoms with Crippen LogP contribution in [0.25, 0.3) is 0 Å². The molecule has 1 unspecified atom stereocenters. The lowest BCUT2D eigenvalue weighted by molar-refractivity contribution is -0.119. The lowest BCUT2D eigenvalue weighted by atomic mass is 9.93. The fraction of sp³-hybridized carbons (Fsp3) is 0.0769. The van der Waals surface area contributed by atoms with Gasteiger partial charge in [-0.2, -0.15) is 12.6 Å². The highest BCUT2D eigenvalue weighted by atomic mass is 35.5. The van der Waals surface area contributed by atoms with E-state index in [1.54, 1.807) is 42.6 Å². The monoisotopic (exact) mass is 278 g/mol. The number of thiol groups is 1. The van der Waals surface area contributed by atoms with Crippen molar-refractivity contribution in [1.29, 1.82) is 0 Å². The molecule has 0 radical (unpaired) electrons. The van der Waals surface area contributed by atoms with Crippen molar-refractivity contribution in [2.45, 2.75) is 4.75 Å². The standard InChI is InChI=1S/C13H11ClN2OS/c14-10-7-4-8-16-11(10)13(18,12(15)17)9-5-2-1-3-6-9/h1-8,18H,(H2,15,17). The molecule has 2 aromatic rings. The van der Waals surface area contributed by atoms with Crippen LogP contribution in [0, 0.1) is 0 Å². The van der Waals surface area contributed by atoms with Crippen LogP contribution in [0.4, 0.5) is 0 Å². The zero-order chi connectivity index (χ0) is 13.2. The maximum Gasteiger partial charge on any atom is 0.244 e. The second-order valence-electron chi connectivity index (χ2n) is 3.77. The Morgan fingerprint density at radius 1 is 1.22 bits per heavy atom. The minimum Gasteiger partial charge on any atom is -0.368 e. The molecule has 1 amide bonds. The molecule has 1 aromatic carbocycles. The van der Waals surface area contributed by atoms with Crippen molar-refractivity contribution >= 4 is 30.1 Å². The number of hydrogen-bond donors (Lipinski definition) is 2. The Morgan fingerprint density at radius 3 is 2.44 bits per heavy atom. The fourth-order valence-electron chi connectivity index (χ4n) is 1.73. The summed E-state index contributed by atoms with van der Waals surface area (Å²) in [5, 5.41) is 0.357. The quantitative estimate of drug-likeness (QED) is 0.847. The van der Waals surface area contributed by atoms with Gasteiger partial charge in [-0.3, -0.25) is 9.78 Å². The number of benzene rings is 1. The third-order valence-electron chi connectivity index (χ3n) is 2.65. The van der Waals surface area contributed by atoms with Gasteiger partial charge in [0.2, 0.25) is 5.91 Å². The molecular weight excluding hydrogens is 268 g/mol. The maximum atomic E-state index is 11.8. The molecule has 92 valence electrons. The van der Waals surface area contributed by atoms with E-state index in [-0.39, 0.29) is 0 Å². The molecule has 0 saturated carbocycles. The Labute approximate surface area is 115 Å². The summed E-state index contributed by atoms with van der Waals surface area (Å²) in [6.07, 6.45) is 1.55. The minimum atomic E-state index is -1.33. The van der Waals surface area contributed by atoms with E-state index in [2.05, 4.69) is 17.6 Å². The van der Waals surface area contributed by atoms with E-state index in [0.717, 1.165) is 0 Å². The molecule has 1 atom stereocenters. The first-order valence-corrected chi connectivity index (χ1v) is 6.08. The summed E-state index contributed by atoms with van der Waals surface area (Å²) in [5.41, 5.74) is 6.47. The van der Waals surface area contributed by atoms with Gasteiger partial charge in [0.05, 0.1) is 10.7 Å². The Bertz CT molecular complexity index is 576. The van der Waals surface area contributed by atoms with Gasteiger partial charge in [-0.15, -0.1) is 0 Å². The predicted molar refractivity (Wildman–Crippen MR) is 74.6 cm³/mol. The number of carbonyl (C=O) groups is 1. The van der Waals surface area contributed by atoms with Crippen molar-refractivity contribution < 1.29 is 4.79 Å². The van der Waals surface area contributed by atoms with E-state index in [9.17, 15) is 4.79 Å². The molecular formula is C13H11ClN2OS. The lowest BCUT2D eigenvalue weighted by Gasteiger charge is -2.25. The predicted octanol–water partition coefficient (Wildman–Crippen LogP) is 2.39.